The van der Waals surface area contributed by atoms with Gasteiger partial charge in [-0.15, -0.1) is 0 Å². The molecule has 0 N–H and O–H groups in total. The number of imidazole rings is 1. The summed E-state index contributed by atoms with van der Waals surface area (Å²) in [5.41, 5.74) is 8.63. The maximum absolute atomic E-state index is 5.05. The van der Waals surface area contributed by atoms with Crippen molar-refractivity contribution in [1.29, 1.82) is 0 Å². The lowest BCUT2D eigenvalue weighted by Crippen LogP contribution is -2.01. The van der Waals surface area contributed by atoms with Gasteiger partial charge in [-0.2, -0.15) is 0 Å². The van der Waals surface area contributed by atoms with Crippen molar-refractivity contribution in [2.75, 3.05) is 0 Å². The highest BCUT2D eigenvalue weighted by Crippen LogP contribution is 2.27. The quantitative estimate of drug-likeness (QED) is 0.235. The topological polar surface area (TPSA) is 17.8 Å². The van der Waals surface area contributed by atoms with Crippen LogP contribution in [0.3, 0.4) is 0 Å². The number of aromatic nitrogens is 2. The molecule has 32 heavy (non-hydrogen) atoms. The molecule has 4 rings (SSSR count). The van der Waals surface area contributed by atoms with Gasteiger partial charge in [0, 0.05) is 12.1 Å². The molecular weight excluding hydrogens is 388 g/mol. The summed E-state index contributed by atoms with van der Waals surface area (Å²) in [6, 6.07) is 24.1. The fourth-order valence-corrected chi connectivity index (χ4v) is 4.39. The van der Waals surface area contributed by atoms with Gasteiger partial charge in [-0.25, -0.2) is 4.98 Å². The Morgan fingerprint density at radius 1 is 0.906 bits per heavy atom. The lowest BCUT2D eigenvalue weighted by molar-refractivity contribution is 0.578. The molecule has 0 unspecified atom stereocenters. The van der Waals surface area contributed by atoms with Crippen LogP contribution >= 0.6 is 0 Å². The first-order valence-corrected chi connectivity index (χ1v) is 12.0. The van der Waals surface area contributed by atoms with Crippen LogP contribution in [0, 0.1) is 6.92 Å². The van der Waals surface area contributed by atoms with Crippen LogP contribution < -0.4 is 0 Å². The van der Waals surface area contributed by atoms with Crippen LogP contribution in [0.15, 0.2) is 73.3 Å². The molecule has 0 bridgehead atoms. The van der Waals surface area contributed by atoms with E-state index in [0.29, 0.717) is 0 Å². The second-order valence-electron chi connectivity index (χ2n) is 8.75. The van der Waals surface area contributed by atoms with Gasteiger partial charge in [-0.1, -0.05) is 99.9 Å². The summed E-state index contributed by atoms with van der Waals surface area (Å²) in [6.45, 7) is 9.38. The molecule has 0 amide bonds. The van der Waals surface area contributed by atoms with Crippen molar-refractivity contribution >= 4 is 17.1 Å². The molecule has 164 valence electrons. The molecule has 0 aliphatic carbocycles. The first-order chi connectivity index (χ1) is 15.7. The smallest absolute Gasteiger partial charge is 0.141 e. The summed E-state index contributed by atoms with van der Waals surface area (Å²) in [5.74, 6) is 1.07. The molecule has 0 aliphatic heterocycles. The fourth-order valence-electron chi connectivity index (χ4n) is 4.39. The Hall–Kier alpha value is -3.13. The minimum atomic E-state index is 0.962. The summed E-state index contributed by atoms with van der Waals surface area (Å²) in [7, 11) is 0. The molecule has 0 saturated heterocycles. The van der Waals surface area contributed by atoms with Gasteiger partial charge in [0.15, 0.2) is 0 Å². The minimum Gasteiger partial charge on any atom is -0.324 e. The van der Waals surface area contributed by atoms with E-state index in [1.807, 2.05) is 6.08 Å². The van der Waals surface area contributed by atoms with Gasteiger partial charge in [0.1, 0.15) is 5.82 Å². The van der Waals surface area contributed by atoms with Crippen molar-refractivity contribution in [3.63, 3.8) is 0 Å². The van der Waals surface area contributed by atoms with E-state index in [0.717, 1.165) is 29.9 Å². The van der Waals surface area contributed by atoms with Crippen molar-refractivity contribution in [1.82, 2.24) is 9.55 Å². The molecule has 1 aromatic heterocycles. The van der Waals surface area contributed by atoms with E-state index in [4.69, 9.17) is 4.98 Å². The summed E-state index contributed by atoms with van der Waals surface area (Å²) < 4.78 is 2.41. The minimum absolute atomic E-state index is 0.962. The third-order valence-electron chi connectivity index (χ3n) is 6.36. The van der Waals surface area contributed by atoms with E-state index in [2.05, 4.69) is 91.7 Å². The predicted octanol–water partition coefficient (Wildman–Crippen LogP) is 8.22. The fraction of sp³-hybridized carbons (Fsp3) is 0.300. The Morgan fingerprint density at radius 3 is 2.44 bits per heavy atom. The Bertz CT molecular complexity index is 1180. The zero-order chi connectivity index (χ0) is 22.3. The number of hydrogen-bond donors (Lipinski definition) is 0. The molecule has 0 spiro atoms. The number of fused-ring (bicyclic) bond motifs is 1. The number of nitrogens with zero attached hydrogens (tertiary/aromatic N) is 2. The van der Waals surface area contributed by atoms with Gasteiger partial charge in [0.2, 0.25) is 0 Å². The van der Waals surface area contributed by atoms with Crippen LogP contribution in [0.5, 0.6) is 0 Å². The van der Waals surface area contributed by atoms with Gasteiger partial charge in [0.25, 0.3) is 0 Å². The van der Waals surface area contributed by atoms with Gasteiger partial charge in [-0.05, 0) is 54.2 Å². The maximum atomic E-state index is 5.05. The number of unbranched alkanes of at least 4 members (excludes halogenated alkanes) is 4. The van der Waals surface area contributed by atoms with Crippen molar-refractivity contribution in [2.24, 2.45) is 0 Å². The summed E-state index contributed by atoms with van der Waals surface area (Å²) in [5, 5.41) is 0. The Kier molecular flexibility index (Phi) is 7.21. The van der Waals surface area contributed by atoms with Crippen molar-refractivity contribution in [3.8, 4) is 11.4 Å². The average Bonchev–Trinajstić information content (AvgIpc) is 3.18. The van der Waals surface area contributed by atoms with E-state index in [9.17, 15) is 0 Å². The summed E-state index contributed by atoms with van der Waals surface area (Å²) in [4.78, 5) is 5.05. The van der Waals surface area contributed by atoms with E-state index in [1.54, 1.807) is 0 Å². The zero-order valence-electron chi connectivity index (χ0n) is 19.5. The number of hydrogen-bond acceptors (Lipinski definition) is 1. The number of rotatable bonds is 10. The Balaban J connectivity index is 1.62. The Morgan fingerprint density at radius 2 is 1.69 bits per heavy atom. The SMILES string of the molecule is C=Cc1ccc2c(c1)nc(-c1ccc(Cc3ccccc3C)cc1)n2CCCCCCC. The molecule has 2 nitrogen and oxygen atoms in total. The van der Waals surface area contributed by atoms with Crippen molar-refractivity contribution in [3.05, 3.63) is 95.6 Å². The largest absolute Gasteiger partial charge is 0.324 e. The summed E-state index contributed by atoms with van der Waals surface area (Å²) in [6.07, 6.45) is 9.22. The lowest BCUT2D eigenvalue weighted by atomic mass is 10.00. The molecule has 0 atom stereocenters. The van der Waals surface area contributed by atoms with E-state index < -0.39 is 0 Å². The van der Waals surface area contributed by atoms with Gasteiger partial charge in [-0.3, -0.25) is 0 Å². The van der Waals surface area contributed by atoms with E-state index in [-0.39, 0.29) is 0 Å². The highest BCUT2D eigenvalue weighted by atomic mass is 15.1. The maximum Gasteiger partial charge on any atom is 0.141 e. The average molecular weight is 423 g/mol. The normalized spacial score (nSPS) is 11.2. The van der Waals surface area contributed by atoms with Gasteiger partial charge in [0.05, 0.1) is 11.0 Å². The molecule has 2 heteroatoms. The molecule has 3 aromatic carbocycles. The molecule has 0 radical (unpaired) electrons. The summed E-state index contributed by atoms with van der Waals surface area (Å²) >= 11 is 0. The number of aryl methyl sites for hydroxylation is 2. The number of benzene rings is 3. The molecule has 0 fully saturated rings. The van der Waals surface area contributed by atoms with E-state index in [1.165, 1.54) is 59.9 Å². The molecule has 0 saturated carbocycles. The van der Waals surface area contributed by atoms with Crippen LogP contribution in [0.25, 0.3) is 28.5 Å². The standard InChI is InChI=1S/C30H34N2/c1-4-6-7-8-11-20-32-29-19-16-24(5-2)22-28(29)31-30(32)26-17-14-25(15-18-26)21-27-13-10-9-12-23(27)3/h5,9-10,12-19,22H,2,4,6-8,11,20-21H2,1,3H3. The van der Waals surface area contributed by atoms with Crippen LogP contribution in [0.2, 0.25) is 0 Å². The van der Waals surface area contributed by atoms with Gasteiger partial charge < -0.3 is 4.57 Å². The molecule has 0 aliphatic rings. The lowest BCUT2D eigenvalue weighted by Gasteiger charge is -2.11. The highest BCUT2D eigenvalue weighted by molar-refractivity contribution is 5.83. The van der Waals surface area contributed by atoms with Gasteiger partial charge >= 0.3 is 0 Å². The zero-order valence-corrected chi connectivity index (χ0v) is 19.5. The second kappa shape index (κ2) is 10.5. The predicted molar refractivity (Wildman–Crippen MR) is 138 cm³/mol. The third-order valence-corrected chi connectivity index (χ3v) is 6.36. The van der Waals surface area contributed by atoms with Crippen molar-refractivity contribution in [2.45, 2.75) is 58.9 Å². The first-order valence-electron chi connectivity index (χ1n) is 12.0. The monoisotopic (exact) mass is 422 g/mol. The van der Waals surface area contributed by atoms with Crippen LogP contribution in [0.1, 0.15) is 61.3 Å². The first kappa shape index (κ1) is 22.1. The molecule has 4 aromatic rings. The van der Waals surface area contributed by atoms with Crippen LogP contribution in [-0.2, 0) is 13.0 Å². The van der Waals surface area contributed by atoms with E-state index >= 15 is 0 Å². The molecular formula is C30H34N2. The van der Waals surface area contributed by atoms with Crippen LogP contribution in [0.4, 0.5) is 0 Å². The highest BCUT2D eigenvalue weighted by Gasteiger charge is 2.13. The van der Waals surface area contributed by atoms with Crippen LogP contribution in [-0.4, -0.2) is 9.55 Å². The second-order valence-corrected chi connectivity index (χ2v) is 8.75. The Labute approximate surface area is 192 Å². The third kappa shape index (κ3) is 5.02. The van der Waals surface area contributed by atoms with Crippen molar-refractivity contribution < 1.29 is 0 Å². The molecule has 1 heterocycles.